The Labute approximate surface area is 397 Å². The highest BCUT2D eigenvalue weighted by molar-refractivity contribution is 5.71. The molecule has 1 atom stereocenters. The van der Waals surface area contributed by atoms with Gasteiger partial charge in [-0.25, -0.2) is 0 Å². The summed E-state index contributed by atoms with van der Waals surface area (Å²) in [6.07, 6.45) is 62.7. The van der Waals surface area contributed by atoms with Gasteiger partial charge in [0, 0.05) is 19.3 Å². The maximum atomic E-state index is 12.8. The number of hydrogen-bond donors (Lipinski definition) is 0. The molecule has 0 fully saturated rings. The van der Waals surface area contributed by atoms with E-state index in [1.54, 1.807) is 0 Å². The molecule has 0 aliphatic rings. The summed E-state index contributed by atoms with van der Waals surface area (Å²) in [5.41, 5.74) is 0. The van der Waals surface area contributed by atoms with Crippen LogP contribution in [0.1, 0.15) is 297 Å². The van der Waals surface area contributed by atoms with Crippen molar-refractivity contribution in [2.75, 3.05) is 13.2 Å². The number of carbonyl (C=O) groups excluding carboxylic acids is 3. The van der Waals surface area contributed by atoms with Crippen LogP contribution in [0, 0.1) is 0 Å². The summed E-state index contributed by atoms with van der Waals surface area (Å²) >= 11 is 0. The highest BCUT2D eigenvalue weighted by Gasteiger charge is 2.19. The van der Waals surface area contributed by atoms with Crippen molar-refractivity contribution in [2.24, 2.45) is 0 Å². The van der Waals surface area contributed by atoms with Crippen molar-refractivity contribution in [3.05, 3.63) is 36.5 Å². The van der Waals surface area contributed by atoms with Crippen LogP contribution < -0.4 is 0 Å². The summed E-state index contributed by atoms with van der Waals surface area (Å²) < 4.78 is 16.8. The third-order valence-electron chi connectivity index (χ3n) is 12.4. The molecule has 6 heteroatoms. The van der Waals surface area contributed by atoms with E-state index in [9.17, 15) is 14.4 Å². The van der Waals surface area contributed by atoms with Crippen LogP contribution in [0.4, 0.5) is 0 Å². The van der Waals surface area contributed by atoms with Crippen LogP contribution in [0.25, 0.3) is 0 Å². The normalized spacial score (nSPS) is 12.2. The molecule has 0 radical (unpaired) electrons. The Kier molecular flexibility index (Phi) is 51.3. The number of rotatable bonds is 51. The van der Waals surface area contributed by atoms with Gasteiger partial charge in [0.15, 0.2) is 6.10 Å². The maximum Gasteiger partial charge on any atom is 0.306 e. The lowest BCUT2D eigenvalue weighted by molar-refractivity contribution is -0.167. The van der Waals surface area contributed by atoms with Gasteiger partial charge in [0.05, 0.1) is 0 Å². The van der Waals surface area contributed by atoms with Gasteiger partial charge in [0.2, 0.25) is 0 Å². The van der Waals surface area contributed by atoms with E-state index in [-0.39, 0.29) is 31.1 Å². The van der Waals surface area contributed by atoms with E-state index in [2.05, 4.69) is 57.2 Å². The molecule has 0 aromatic rings. The molecule has 0 N–H and O–H groups in total. The molecule has 0 amide bonds. The molecule has 0 rings (SSSR count). The van der Waals surface area contributed by atoms with Gasteiger partial charge in [-0.05, 0) is 77.0 Å². The zero-order valence-electron chi connectivity index (χ0n) is 42.8. The first-order valence-electron chi connectivity index (χ1n) is 28.0. The highest BCUT2D eigenvalue weighted by Crippen LogP contribution is 2.16. The van der Waals surface area contributed by atoms with Gasteiger partial charge in [-0.2, -0.15) is 0 Å². The first-order valence-corrected chi connectivity index (χ1v) is 28.0. The van der Waals surface area contributed by atoms with E-state index in [1.807, 2.05) is 0 Å². The Bertz CT molecular complexity index is 1080. The second-order valence-electron chi connectivity index (χ2n) is 18.8. The topological polar surface area (TPSA) is 78.9 Å². The van der Waals surface area contributed by atoms with Crippen LogP contribution in [0.2, 0.25) is 0 Å². The fourth-order valence-electron chi connectivity index (χ4n) is 8.12. The zero-order valence-corrected chi connectivity index (χ0v) is 42.8. The smallest absolute Gasteiger partial charge is 0.306 e. The molecule has 0 heterocycles. The highest BCUT2D eigenvalue weighted by atomic mass is 16.6. The van der Waals surface area contributed by atoms with Crippen LogP contribution in [0.5, 0.6) is 0 Å². The third kappa shape index (κ3) is 50.6. The Hall–Kier alpha value is -2.37. The van der Waals surface area contributed by atoms with E-state index in [0.29, 0.717) is 19.3 Å². The molecule has 0 aliphatic carbocycles. The van der Waals surface area contributed by atoms with Gasteiger partial charge in [-0.3, -0.25) is 14.4 Å². The van der Waals surface area contributed by atoms with Crippen molar-refractivity contribution in [2.45, 2.75) is 303 Å². The van der Waals surface area contributed by atoms with Crippen LogP contribution in [0.3, 0.4) is 0 Å². The maximum absolute atomic E-state index is 12.8. The fourth-order valence-corrected chi connectivity index (χ4v) is 8.12. The monoisotopic (exact) mass is 899 g/mol. The van der Waals surface area contributed by atoms with Gasteiger partial charge < -0.3 is 14.2 Å². The molecule has 0 aromatic carbocycles. The predicted octanol–water partition coefficient (Wildman–Crippen LogP) is 18.5. The van der Waals surface area contributed by atoms with Gasteiger partial charge in [-0.1, -0.05) is 237 Å². The summed E-state index contributed by atoms with van der Waals surface area (Å²) in [4.78, 5) is 38.1. The molecule has 0 aromatic heterocycles. The molecular weight excluding hydrogens is 793 g/mol. The second-order valence-corrected chi connectivity index (χ2v) is 18.8. The number of hydrogen-bond acceptors (Lipinski definition) is 6. The Morgan fingerprint density at radius 1 is 0.312 bits per heavy atom. The van der Waals surface area contributed by atoms with Crippen LogP contribution in [0.15, 0.2) is 36.5 Å². The molecule has 6 nitrogen and oxygen atoms in total. The first-order chi connectivity index (χ1) is 31.5. The minimum absolute atomic E-state index is 0.0731. The largest absolute Gasteiger partial charge is 0.462 e. The van der Waals surface area contributed by atoms with Crippen LogP contribution >= 0.6 is 0 Å². The molecular formula is C58H106O6. The summed E-state index contributed by atoms with van der Waals surface area (Å²) in [5.74, 6) is -0.871. The average molecular weight is 899 g/mol. The summed E-state index contributed by atoms with van der Waals surface area (Å²) in [6, 6.07) is 0. The van der Waals surface area contributed by atoms with Gasteiger partial charge >= 0.3 is 17.9 Å². The molecule has 0 spiro atoms. The lowest BCUT2D eigenvalue weighted by atomic mass is 10.0. The van der Waals surface area contributed by atoms with Crippen LogP contribution in [-0.4, -0.2) is 37.2 Å². The lowest BCUT2D eigenvalue weighted by Crippen LogP contribution is -2.30. The van der Waals surface area contributed by atoms with Crippen molar-refractivity contribution >= 4 is 17.9 Å². The molecule has 374 valence electrons. The number of ether oxygens (including phenoxy) is 3. The number of unbranched alkanes of at least 4 members (excludes halogenated alkanes) is 34. The Balaban J connectivity index is 4.35. The number of esters is 3. The van der Waals surface area contributed by atoms with E-state index >= 15 is 0 Å². The number of allylic oxidation sites excluding steroid dienone is 6. The van der Waals surface area contributed by atoms with Crippen molar-refractivity contribution in [1.29, 1.82) is 0 Å². The van der Waals surface area contributed by atoms with Gasteiger partial charge in [0.1, 0.15) is 13.2 Å². The predicted molar refractivity (Wildman–Crippen MR) is 275 cm³/mol. The third-order valence-corrected chi connectivity index (χ3v) is 12.4. The summed E-state index contributed by atoms with van der Waals surface area (Å²) in [7, 11) is 0. The SMILES string of the molecule is CCCCC/C=C\C/C=C\CCCCCCCCCC(=O)OC[C@H](COC(=O)CCCCCCCCCCCCCC)OC(=O)CCCCCCCCC/C=C\CCCCCCCC. The number of carbonyl (C=O) groups is 3. The second kappa shape index (κ2) is 53.2. The Morgan fingerprint density at radius 3 is 0.906 bits per heavy atom. The molecule has 0 unspecified atom stereocenters. The van der Waals surface area contributed by atoms with E-state index in [0.717, 1.165) is 70.6 Å². The fraction of sp³-hybridized carbons (Fsp3) is 0.845. The quantitative estimate of drug-likeness (QED) is 0.0262. The zero-order chi connectivity index (χ0) is 46.5. The van der Waals surface area contributed by atoms with Crippen molar-refractivity contribution in [3.63, 3.8) is 0 Å². The van der Waals surface area contributed by atoms with Gasteiger partial charge in [-0.15, -0.1) is 0 Å². The summed E-state index contributed by atoms with van der Waals surface area (Å²) in [5, 5.41) is 0. The summed E-state index contributed by atoms with van der Waals surface area (Å²) in [6.45, 7) is 6.63. The van der Waals surface area contributed by atoms with Crippen molar-refractivity contribution in [1.82, 2.24) is 0 Å². The van der Waals surface area contributed by atoms with E-state index in [4.69, 9.17) is 14.2 Å². The van der Waals surface area contributed by atoms with Crippen molar-refractivity contribution in [3.8, 4) is 0 Å². The molecule has 0 bridgehead atoms. The van der Waals surface area contributed by atoms with Gasteiger partial charge in [0.25, 0.3) is 0 Å². The van der Waals surface area contributed by atoms with Crippen LogP contribution in [-0.2, 0) is 28.6 Å². The molecule has 64 heavy (non-hydrogen) atoms. The Morgan fingerprint density at radius 2 is 0.562 bits per heavy atom. The minimum atomic E-state index is -0.774. The van der Waals surface area contributed by atoms with E-state index in [1.165, 1.54) is 186 Å². The lowest BCUT2D eigenvalue weighted by Gasteiger charge is -2.18. The molecule has 0 saturated heterocycles. The van der Waals surface area contributed by atoms with E-state index < -0.39 is 6.10 Å². The standard InChI is InChI=1S/C58H106O6/c1-4-7-10-13-16-19-22-25-27-29-31-33-36-39-42-45-48-51-57(60)63-54-55(53-62-56(59)50-47-44-41-38-35-24-21-18-15-12-9-6-3)64-58(61)52-49-46-43-40-37-34-32-30-28-26-23-20-17-14-11-8-5-2/h16,19,25-28,55H,4-15,17-18,20-24,29-54H2,1-3H3/b19-16-,27-25-,28-26-/t55-/m0/s1. The van der Waals surface area contributed by atoms with Crippen molar-refractivity contribution < 1.29 is 28.6 Å². The minimum Gasteiger partial charge on any atom is -0.462 e. The molecule has 0 aliphatic heterocycles. The first kappa shape index (κ1) is 61.6. The molecule has 0 saturated carbocycles. The average Bonchev–Trinajstić information content (AvgIpc) is 3.29.